The Hall–Kier alpha value is -3.35. The Balaban J connectivity index is 1.90. The number of benzene rings is 2. The highest BCUT2D eigenvalue weighted by molar-refractivity contribution is 5.94. The van der Waals surface area contributed by atoms with Gasteiger partial charge < -0.3 is 19.3 Å². The second-order valence-corrected chi connectivity index (χ2v) is 7.23. The van der Waals surface area contributed by atoms with Crippen LogP contribution in [0.25, 0.3) is 0 Å². The molecule has 0 atom stereocenters. The lowest BCUT2D eigenvalue weighted by Crippen LogP contribution is -2.31. The van der Waals surface area contributed by atoms with Crippen molar-refractivity contribution in [1.29, 1.82) is 0 Å². The van der Waals surface area contributed by atoms with E-state index in [0.29, 0.717) is 23.4 Å². The Labute approximate surface area is 177 Å². The first-order valence-electron chi connectivity index (χ1n) is 9.55. The van der Waals surface area contributed by atoms with Crippen molar-refractivity contribution in [2.24, 2.45) is 0 Å². The number of nitrogens with zero attached hydrogens (tertiary/aromatic N) is 2. The van der Waals surface area contributed by atoms with Crippen LogP contribution in [0.5, 0.6) is 5.75 Å². The summed E-state index contributed by atoms with van der Waals surface area (Å²) in [7, 11) is 7.08. The zero-order chi connectivity index (χ0) is 22.3. The van der Waals surface area contributed by atoms with Crippen LogP contribution in [-0.4, -0.2) is 57.4 Å². The molecule has 2 rings (SSSR count). The van der Waals surface area contributed by atoms with E-state index < -0.39 is 5.97 Å². The molecule has 0 aliphatic carbocycles. The van der Waals surface area contributed by atoms with Crippen LogP contribution in [0.3, 0.4) is 0 Å². The van der Waals surface area contributed by atoms with Crippen molar-refractivity contribution in [3.8, 4) is 5.75 Å². The fraction of sp³-hybridized carbons (Fsp3) is 0.348. The van der Waals surface area contributed by atoms with Crippen LogP contribution in [0, 0.1) is 0 Å². The standard InChI is InChI=1S/C23H28N2O5/c1-16(26)18-8-11-21(29-5)19(12-18)13-23(28)30-15-22(27)25(4)14-17-6-9-20(10-7-17)24(2)3/h6-12H,13-15H2,1-5H3. The number of likely N-dealkylation sites (N-methyl/N-ethyl adjacent to an activating group) is 1. The van der Waals surface area contributed by atoms with Crippen molar-refractivity contribution in [3.05, 3.63) is 59.2 Å². The number of hydrogen-bond acceptors (Lipinski definition) is 6. The van der Waals surface area contributed by atoms with E-state index in [1.54, 1.807) is 25.2 Å². The Morgan fingerprint density at radius 3 is 2.20 bits per heavy atom. The van der Waals surface area contributed by atoms with Crippen LogP contribution >= 0.6 is 0 Å². The molecule has 0 saturated carbocycles. The summed E-state index contributed by atoms with van der Waals surface area (Å²) in [5.74, 6) is -0.486. The van der Waals surface area contributed by atoms with E-state index in [1.165, 1.54) is 18.9 Å². The van der Waals surface area contributed by atoms with Gasteiger partial charge in [0.25, 0.3) is 5.91 Å². The molecule has 0 aromatic heterocycles. The van der Waals surface area contributed by atoms with E-state index in [-0.39, 0.29) is 24.7 Å². The van der Waals surface area contributed by atoms with Crippen LogP contribution < -0.4 is 9.64 Å². The van der Waals surface area contributed by atoms with Crippen LogP contribution in [-0.2, 0) is 27.3 Å². The van der Waals surface area contributed by atoms with Gasteiger partial charge in [-0.15, -0.1) is 0 Å². The molecule has 0 spiro atoms. The van der Waals surface area contributed by atoms with Gasteiger partial charge in [0, 0.05) is 44.5 Å². The molecule has 0 saturated heterocycles. The maximum absolute atomic E-state index is 12.3. The number of hydrogen-bond donors (Lipinski definition) is 0. The number of amides is 1. The molecular formula is C23H28N2O5. The molecule has 0 heterocycles. The molecule has 0 aliphatic heterocycles. The Morgan fingerprint density at radius 2 is 1.63 bits per heavy atom. The van der Waals surface area contributed by atoms with Crippen molar-refractivity contribution in [1.82, 2.24) is 4.90 Å². The number of methoxy groups -OCH3 is 1. The molecule has 7 heteroatoms. The third kappa shape index (κ3) is 6.34. The first-order chi connectivity index (χ1) is 14.2. The predicted octanol–water partition coefficient (Wildman–Crippen LogP) is 2.71. The molecule has 0 unspecified atom stereocenters. The normalized spacial score (nSPS) is 10.3. The number of esters is 1. The topological polar surface area (TPSA) is 76.2 Å². The van der Waals surface area contributed by atoms with Gasteiger partial charge in [-0.1, -0.05) is 12.1 Å². The third-order valence-corrected chi connectivity index (χ3v) is 4.68. The zero-order valence-corrected chi connectivity index (χ0v) is 18.1. The quantitative estimate of drug-likeness (QED) is 0.466. The minimum atomic E-state index is -0.564. The molecule has 0 bridgehead atoms. The monoisotopic (exact) mass is 412 g/mol. The van der Waals surface area contributed by atoms with Crippen LogP contribution in [0.4, 0.5) is 5.69 Å². The van der Waals surface area contributed by atoms with E-state index in [0.717, 1.165) is 11.3 Å². The van der Waals surface area contributed by atoms with E-state index >= 15 is 0 Å². The maximum Gasteiger partial charge on any atom is 0.310 e. The smallest absolute Gasteiger partial charge is 0.310 e. The first-order valence-corrected chi connectivity index (χ1v) is 9.55. The third-order valence-electron chi connectivity index (χ3n) is 4.68. The number of ketones is 1. The molecule has 0 N–H and O–H groups in total. The molecule has 0 radical (unpaired) electrons. The highest BCUT2D eigenvalue weighted by Gasteiger charge is 2.16. The average molecular weight is 412 g/mol. The second-order valence-electron chi connectivity index (χ2n) is 7.23. The number of Topliss-reactive ketones (excluding diaryl/α,β-unsaturated/α-hetero) is 1. The Bertz CT molecular complexity index is 906. The van der Waals surface area contributed by atoms with Crippen molar-refractivity contribution in [2.75, 3.05) is 39.8 Å². The van der Waals surface area contributed by atoms with Crippen molar-refractivity contribution >= 4 is 23.3 Å². The van der Waals surface area contributed by atoms with E-state index in [4.69, 9.17) is 9.47 Å². The lowest BCUT2D eigenvalue weighted by Gasteiger charge is -2.18. The summed E-state index contributed by atoms with van der Waals surface area (Å²) in [6.45, 7) is 1.52. The maximum atomic E-state index is 12.3. The Kier molecular flexibility index (Phi) is 7.98. The number of rotatable bonds is 9. The molecule has 2 aromatic rings. The van der Waals surface area contributed by atoms with Crippen molar-refractivity contribution in [3.63, 3.8) is 0 Å². The lowest BCUT2D eigenvalue weighted by molar-refractivity contribution is -0.151. The molecule has 7 nitrogen and oxygen atoms in total. The van der Waals surface area contributed by atoms with Gasteiger partial charge in [-0.05, 0) is 42.8 Å². The molecule has 0 aliphatic rings. The van der Waals surface area contributed by atoms with E-state index in [1.807, 2.05) is 43.3 Å². The lowest BCUT2D eigenvalue weighted by atomic mass is 10.0. The summed E-state index contributed by atoms with van der Waals surface area (Å²) in [6.07, 6.45) is -0.0900. The van der Waals surface area contributed by atoms with Gasteiger partial charge in [-0.2, -0.15) is 0 Å². The largest absolute Gasteiger partial charge is 0.496 e. The van der Waals surface area contributed by atoms with Gasteiger partial charge in [-0.25, -0.2) is 0 Å². The molecule has 30 heavy (non-hydrogen) atoms. The highest BCUT2D eigenvalue weighted by atomic mass is 16.5. The van der Waals surface area contributed by atoms with Crippen molar-refractivity contribution < 1.29 is 23.9 Å². The summed E-state index contributed by atoms with van der Waals surface area (Å²) in [4.78, 5) is 39.6. The van der Waals surface area contributed by atoms with E-state index in [2.05, 4.69) is 0 Å². The molecule has 0 fully saturated rings. The molecule has 1 amide bonds. The number of carbonyl (C=O) groups excluding carboxylic acids is 3. The minimum absolute atomic E-state index is 0.0900. The van der Waals surface area contributed by atoms with Crippen LogP contribution in [0.15, 0.2) is 42.5 Å². The van der Waals surface area contributed by atoms with Crippen LogP contribution in [0.2, 0.25) is 0 Å². The summed E-state index contributed by atoms with van der Waals surface area (Å²) >= 11 is 0. The Morgan fingerprint density at radius 1 is 0.967 bits per heavy atom. The predicted molar refractivity (Wildman–Crippen MR) is 115 cm³/mol. The van der Waals surface area contributed by atoms with Crippen molar-refractivity contribution in [2.45, 2.75) is 19.9 Å². The fourth-order valence-electron chi connectivity index (χ4n) is 2.86. The van der Waals surface area contributed by atoms with Gasteiger partial charge >= 0.3 is 5.97 Å². The number of anilines is 1. The second kappa shape index (κ2) is 10.4. The summed E-state index contributed by atoms with van der Waals surface area (Å²) in [5, 5.41) is 0. The fourth-order valence-corrected chi connectivity index (χ4v) is 2.86. The first kappa shape index (κ1) is 22.9. The number of carbonyl (C=O) groups is 3. The SMILES string of the molecule is COc1ccc(C(C)=O)cc1CC(=O)OCC(=O)N(C)Cc1ccc(N(C)C)cc1. The molecular weight excluding hydrogens is 384 g/mol. The molecule has 2 aromatic carbocycles. The summed E-state index contributed by atoms with van der Waals surface area (Å²) in [5.41, 5.74) is 3.08. The zero-order valence-electron chi connectivity index (χ0n) is 18.1. The van der Waals surface area contributed by atoms with Gasteiger partial charge in [-0.3, -0.25) is 14.4 Å². The van der Waals surface area contributed by atoms with Crippen LogP contribution in [0.1, 0.15) is 28.4 Å². The minimum Gasteiger partial charge on any atom is -0.496 e. The molecule has 160 valence electrons. The number of ether oxygens (including phenoxy) is 2. The summed E-state index contributed by atoms with van der Waals surface area (Å²) < 4.78 is 10.4. The van der Waals surface area contributed by atoms with Gasteiger partial charge in [0.05, 0.1) is 13.5 Å². The van der Waals surface area contributed by atoms with Gasteiger partial charge in [0.1, 0.15) is 5.75 Å². The highest BCUT2D eigenvalue weighted by Crippen LogP contribution is 2.21. The van der Waals surface area contributed by atoms with E-state index in [9.17, 15) is 14.4 Å². The average Bonchev–Trinajstić information content (AvgIpc) is 2.72. The van der Waals surface area contributed by atoms with Gasteiger partial charge in [0.15, 0.2) is 12.4 Å². The van der Waals surface area contributed by atoms with Gasteiger partial charge in [0.2, 0.25) is 0 Å². The summed E-state index contributed by atoms with van der Waals surface area (Å²) in [6, 6.07) is 12.8.